The van der Waals surface area contributed by atoms with Gasteiger partial charge in [0.05, 0.1) is 18.4 Å². The van der Waals surface area contributed by atoms with E-state index < -0.39 is 11.7 Å². The molecule has 3 rings (SSSR count). The first-order valence-corrected chi connectivity index (χ1v) is 8.60. The van der Waals surface area contributed by atoms with Crippen molar-refractivity contribution < 1.29 is 14.0 Å². The molecular formula is C21H19FN4O2. The highest BCUT2D eigenvalue weighted by atomic mass is 19.1. The minimum atomic E-state index is -0.443. The number of halogens is 1. The highest BCUT2D eigenvalue weighted by Gasteiger charge is 2.11. The molecular weight excluding hydrogens is 359 g/mol. The first kappa shape index (κ1) is 19.0. The molecule has 0 saturated carbocycles. The van der Waals surface area contributed by atoms with Crippen molar-refractivity contribution in [2.24, 2.45) is 0 Å². The van der Waals surface area contributed by atoms with Gasteiger partial charge >= 0.3 is 0 Å². The summed E-state index contributed by atoms with van der Waals surface area (Å²) in [5.74, 6) is -1.19. The molecule has 6 nitrogen and oxygen atoms in total. The Morgan fingerprint density at radius 1 is 1.18 bits per heavy atom. The van der Waals surface area contributed by atoms with Crippen LogP contribution in [0.15, 0.2) is 73.1 Å². The fourth-order valence-corrected chi connectivity index (χ4v) is 2.50. The lowest BCUT2D eigenvalue weighted by Crippen LogP contribution is -2.33. The molecule has 0 unspecified atom stereocenters. The van der Waals surface area contributed by atoms with Gasteiger partial charge < -0.3 is 10.2 Å². The van der Waals surface area contributed by atoms with Gasteiger partial charge in [-0.25, -0.2) is 9.07 Å². The van der Waals surface area contributed by atoms with E-state index in [9.17, 15) is 14.0 Å². The fraction of sp³-hybridized carbons (Fsp3) is 0.0952. The number of amides is 2. The van der Waals surface area contributed by atoms with E-state index in [0.717, 1.165) is 11.3 Å². The van der Waals surface area contributed by atoms with Crippen molar-refractivity contribution in [3.8, 4) is 5.69 Å². The largest absolute Gasteiger partial charge is 0.333 e. The summed E-state index contributed by atoms with van der Waals surface area (Å²) in [7, 11) is 1.52. The van der Waals surface area contributed by atoms with Gasteiger partial charge in [-0.2, -0.15) is 5.10 Å². The Labute approximate surface area is 161 Å². The molecule has 1 aromatic heterocycles. The molecule has 2 aromatic carbocycles. The zero-order valence-corrected chi connectivity index (χ0v) is 15.2. The van der Waals surface area contributed by atoms with E-state index in [4.69, 9.17) is 0 Å². The number of benzene rings is 2. The minimum absolute atomic E-state index is 0.150. The third-order valence-electron chi connectivity index (χ3n) is 3.91. The third-order valence-corrected chi connectivity index (χ3v) is 3.91. The summed E-state index contributed by atoms with van der Waals surface area (Å²) in [4.78, 5) is 25.5. The van der Waals surface area contributed by atoms with Crippen LogP contribution >= 0.6 is 0 Å². The van der Waals surface area contributed by atoms with Crippen LogP contribution in [0.25, 0.3) is 11.8 Å². The summed E-state index contributed by atoms with van der Waals surface area (Å²) < 4.78 is 14.9. The maximum absolute atomic E-state index is 13.1. The zero-order chi connectivity index (χ0) is 19.9. The quantitative estimate of drug-likeness (QED) is 0.670. The average molecular weight is 378 g/mol. The monoisotopic (exact) mass is 378 g/mol. The molecule has 0 spiro atoms. The van der Waals surface area contributed by atoms with E-state index in [-0.39, 0.29) is 12.5 Å². The average Bonchev–Trinajstić information content (AvgIpc) is 3.15. The molecule has 142 valence electrons. The predicted octanol–water partition coefficient (Wildman–Crippen LogP) is 3.12. The standard InChI is InChI=1S/C21H19FN4O2/c1-25(15-20(27)24-18-7-5-6-17(22)12-18)21(28)11-10-16-13-23-26(14-16)19-8-3-2-4-9-19/h2-14H,15H2,1H3,(H,24,27)/b11-10+. The minimum Gasteiger partial charge on any atom is -0.333 e. The Balaban J connectivity index is 1.55. The normalized spacial score (nSPS) is 10.8. The van der Waals surface area contributed by atoms with Crippen LogP contribution in [0.3, 0.4) is 0 Å². The van der Waals surface area contributed by atoms with Gasteiger partial charge in [0.2, 0.25) is 11.8 Å². The lowest BCUT2D eigenvalue weighted by Gasteiger charge is -2.14. The number of anilines is 1. The molecule has 0 atom stereocenters. The van der Waals surface area contributed by atoms with Crippen molar-refractivity contribution in [1.29, 1.82) is 0 Å². The van der Waals surface area contributed by atoms with Crippen LogP contribution in [0.4, 0.5) is 10.1 Å². The summed E-state index contributed by atoms with van der Waals surface area (Å²) in [5.41, 5.74) is 2.02. The van der Waals surface area contributed by atoms with E-state index in [2.05, 4.69) is 10.4 Å². The molecule has 0 aliphatic carbocycles. The summed E-state index contributed by atoms with van der Waals surface area (Å²) in [5, 5.41) is 6.81. The van der Waals surface area contributed by atoms with Gasteiger partial charge in [0.1, 0.15) is 5.82 Å². The van der Waals surface area contributed by atoms with Crippen LogP contribution in [-0.2, 0) is 9.59 Å². The van der Waals surface area contributed by atoms with Crippen LogP contribution in [0.5, 0.6) is 0 Å². The summed E-state index contributed by atoms with van der Waals surface area (Å²) in [6, 6.07) is 15.2. The number of nitrogens with one attached hydrogen (secondary N) is 1. The SMILES string of the molecule is CN(CC(=O)Nc1cccc(F)c1)C(=O)/C=C/c1cnn(-c2ccccc2)c1. The van der Waals surface area contributed by atoms with E-state index >= 15 is 0 Å². The molecule has 28 heavy (non-hydrogen) atoms. The molecule has 0 radical (unpaired) electrons. The Bertz CT molecular complexity index is 998. The van der Waals surface area contributed by atoms with Crippen LogP contribution in [0.1, 0.15) is 5.56 Å². The molecule has 0 saturated heterocycles. The Kier molecular flexibility index (Phi) is 5.96. The molecule has 2 amide bonds. The molecule has 0 aliphatic heterocycles. The Morgan fingerprint density at radius 2 is 1.96 bits per heavy atom. The number of rotatable bonds is 6. The van der Waals surface area contributed by atoms with Gasteiger partial charge in [0.15, 0.2) is 0 Å². The molecule has 0 bridgehead atoms. The zero-order valence-electron chi connectivity index (χ0n) is 15.2. The summed E-state index contributed by atoms with van der Waals surface area (Å²) >= 11 is 0. The van der Waals surface area contributed by atoms with Gasteiger partial charge in [-0.1, -0.05) is 24.3 Å². The van der Waals surface area contributed by atoms with Crippen LogP contribution < -0.4 is 5.32 Å². The van der Waals surface area contributed by atoms with Crippen LogP contribution in [0, 0.1) is 5.82 Å². The van der Waals surface area contributed by atoms with Crippen molar-refractivity contribution in [2.45, 2.75) is 0 Å². The summed E-state index contributed by atoms with van der Waals surface area (Å²) in [6.45, 7) is -0.150. The number of aromatic nitrogens is 2. The first-order valence-electron chi connectivity index (χ1n) is 8.60. The molecule has 3 aromatic rings. The van der Waals surface area contributed by atoms with Crippen LogP contribution in [-0.4, -0.2) is 40.1 Å². The lowest BCUT2D eigenvalue weighted by molar-refractivity contribution is -0.129. The van der Waals surface area contributed by atoms with Crippen molar-refractivity contribution in [3.63, 3.8) is 0 Å². The summed E-state index contributed by atoms with van der Waals surface area (Å²) in [6.07, 6.45) is 6.46. The predicted molar refractivity (Wildman–Crippen MR) is 105 cm³/mol. The van der Waals surface area contributed by atoms with E-state index in [1.807, 2.05) is 30.3 Å². The number of hydrogen-bond donors (Lipinski definition) is 1. The Morgan fingerprint density at radius 3 is 2.71 bits per heavy atom. The smallest absolute Gasteiger partial charge is 0.246 e. The van der Waals surface area contributed by atoms with Crippen molar-refractivity contribution in [3.05, 3.63) is 84.4 Å². The Hall–Kier alpha value is -3.74. The van der Waals surface area contributed by atoms with Crippen molar-refractivity contribution in [2.75, 3.05) is 18.9 Å². The van der Waals surface area contributed by atoms with E-state index in [1.54, 1.807) is 29.2 Å². The maximum atomic E-state index is 13.1. The number of hydrogen-bond acceptors (Lipinski definition) is 3. The molecule has 0 aliphatic rings. The second kappa shape index (κ2) is 8.77. The van der Waals surface area contributed by atoms with Gasteiger partial charge in [-0.3, -0.25) is 9.59 Å². The molecule has 0 fully saturated rings. The van der Waals surface area contributed by atoms with Gasteiger partial charge in [0.25, 0.3) is 0 Å². The molecule has 1 heterocycles. The number of para-hydroxylation sites is 1. The number of carbonyl (C=O) groups excluding carboxylic acids is 2. The fourth-order valence-electron chi connectivity index (χ4n) is 2.50. The molecule has 1 N–H and O–H groups in total. The second-order valence-corrected chi connectivity index (χ2v) is 6.14. The molecule has 7 heteroatoms. The maximum Gasteiger partial charge on any atom is 0.246 e. The first-order chi connectivity index (χ1) is 13.5. The topological polar surface area (TPSA) is 67.2 Å². The van der Waals surface area contributed by atoms with Crippen molar-refractivity contribution in [1.82, 2.24) is 14.7 Å². The number of nitrogens with zero attached hydrogens (tertiary/aromatic N) is 3. The third kappa shape index (κ3) is 5.14. The van der Waals surface area contributed by atoms with Gasteiger partial charge in [-0.15, -0.1) is 0 Å². The van der Waals surface area contributed by atoms with Gasteiger partial charge in [-0.05, 0) is 36.4 Å². The lowest BCUT2D eigenvalue weighted by atomic mass is 10.3. The van der Waals surface area contributed by atoms with Gasteiger partial charge in [0, 0.05) is 30.6 Å². The van der Waals surface area contributed by atoms with E-state index in [1.165, 1.54) is 36.2 Å². The number of likely N-dealkylation sites (N-methyl/N-ethyl adjacent to an activating group) is 1. The van der Waals surface area contributed by atoms with E-state index in [0.29, 0.717) is 5.69 Å². The highest BCUT2D eigenvalue weighted by molar-refractivity contribution is 5.97. The number of carbonyl (C=O) groups is 2. The highest BCUT2D eigenvalue weighted by Crippen LogP contribution is 2.10. The second-order valence-electron chi connectivity index (χ2n) is 6.14. The van der Waals surface area contributed by atoms with Crippen molar-refractivity contribution >= 4 is 23.6 Å². The van der Waals surface area contributed by atoms with Crippen LogP contribution in [0.2, 0.25) is 0 Å².